The average Bonchev–Trinajstić information content (AvgIpc) is 3.42. The van der Waals surface area contributed by atoms with Gasteiger partial charge in [0.2, 0.25) is 0 Å². The minimum Gasteiger partial charge on any atom is -0.391 e. The lowest BCUT2D eigenvalue weighted by Crippen LogP contribution is -2.11. The molecule has 1 aliphatic rings. The van der Waals surface area contributed by atoms with E-state index in [4.69, 9.17) is 4.84 Å². The van der Waals surface area contributed by atoms with Gasteiger partial charge < -0.3 is 9.40 Å². The summed E-state index contributed by atoms with van der Waals surface area (Å²) in [5.41, 5.74) is 2.56. The maximum atomic E-state index is 13.8. The Morgan fingerprint density at radius 2 is 2.00 bits per heavy atom. The fourth-order valence-electron chi connectivity index (χ4n) is 2.72. The molecule has 0 aliphatic heterocycles. The van der Waals surface area contributed by atoms with Gasteiger partial charge >= 0.3 is 0 Å². The molecule has 0 unspecified atom stereocenters. The van der Waals surface area contributed by atoms with Crippen LogP contribution in [0, 0.1) is 29.4 Å². The van der Waals surface area contributed by atoms with Crippen molar-refractivity contribution in [1.29, 1.82) is 0 Å². The van der Waals surface area contributed by atoms with Gasteiger partial charge in [-0.25, -0.2) is 13.8 Å². The van der Waals surface area contributed by atoms with Crippen molar-refractivity contribution in [1.82, 2.24) is 9.55 Å². The largest absolute Gasteiger partial charge is 0.391 e. The number of nitrogens with zero attached hydrogens (tertiary/aromatic N) is 3. The fourth-order valence-corrected chi connectivity index (χ4v) is 2.72. The van der Waals surface area contributed by atoms with Crippen molar-refractivity contribution in [2.75, 3.05) is 0 Å². The van der Waals surface area contributed by atoms with Crippen molar-refractivity contribution in [2.45, 2.75) is 26.0 Å². The molecule has 1 fully saturated rings. The Kier molecular flexibility index (Phi) is 5.66. The maximum Gasteiger partial charge on any atom is 0.145 e. The molecular formula is C23H19F2N3O. The van der Waals surface area contributed by atoms with Gasteiger partial charge in [-0.2, -0.15) is 0 Å². The van der Waals surface area contributed by atoms with Gasteiger partial charge in [0.1, 0.15) is 24.0 Å². The van der Waals surface area contributed by atoms with Crippen LogP contribution in [0.4, 0.5) is 8.78 Å². The smallest absolute Gasteiger partial charge is 0.145 e. The van der Waals surface area contributed by atoms with E-state index in [-0.39, 0.29) is 12.2 Å². The summed E-state index contributed by atoms with van der Waals surface area (Å²) in [6.07, 6.45) is 7.55. The first-order valence-electron chi connectivity index (χ1n) is 9.38. The third-order valence-corrected chi connectivity index (χ3v) is 4.51. The summed E-state index contributed by atoms with van der Waals surface area (Å²) in [6.45, 7) is 0.265. The van der Waals surface area contributed by atoms with E-state index in [9.17, 15) is 8.78 Å². The van der Waals surface area contributed by atoms with Gasteiger partial charge in [0, 0.05) is 35.0 Å². The summed E-state index contributed by atoms with van der Waals surface area (Å²) >= 11 is 0. The van der Waals surface area contributed by atoms with Gasteiger partial charge in [-0.15, -0.1) is 0 Å². The van der Waals surface area contributed by atoms with Crippen LogP contribution in [0.25, 0.3) is 0 Å². The van der Waals surface area contributed by atoms with Gasteiger partial charge in [-0.1, -0.05) is 29.1 Å². The van der Waals surface area contributed by atoms with Crippen LogP contribution in [0.2, 0.25) is 0 Å². The van der Waals surface area contributed by atoms with Crippen molar-refractivity contribution in [2.24, 2.45) is 11.1 Å². The van der Waals surface area contributed by atoms with Crippen LogP contribution in [0.15, 0.2) is 66.3 Å². The van der Waals surface area contributed by atoms with Crippen LogP contribution >= 0.6 is 0 Å². The summed E-state index contributed by atoms with van der Waals surface area (Å²) in [7, 11) is 0. The van der Waals surface area contributed by atoms with Gasteiger partial charge in [-0.3, -0.25) is 0 Å². The van der Waals surface area contributed by atoms with Crippen LogP contribution in [-0.2, 0) is 18.0 Å². The molecule has 0 bridgehead atoms. The van der Waals surface area contributed by atoms with Gasteiger partial charge in [0.05, 0.1) is 12.9 Å². The zero-order valence-electron chi connectivity index (χ0n) is 15.7. The van der Waals surface area contributed by atoms with Crippen molar-refractivity contribution < 1.29 is 13.6 Å². The van der Waals surface area contributed by atoms with Crippen molar-refractivity contribution in [3.63, 3.8) is 0 Å². The number of hydrogen-bond acceptors (Lipinski definition) is 3. The molecule has 0 amide bonds. The number of halogens is 2. The van der Waals surface area contributed by atoms with Gasteiger partial charge in [-0.05, 0) is 43.2 Å². The Hall–Kier alpha value is -3.46. The summed E-state index contributed by atoms with van der Waals surface area (Å²) in [4.78, 5) is 9.39. The highest BCUT2D eigenvalue weighted by atomic mass is 19.1. The molecular weight excluding hydrogens is 372 g/mol. The number of imidazole rings is 1. The molecule has 0 N–H and O–H groups in total. The van der Waals surface area contributed by atoms with E-state index in [2.05, 4.69) is 22.0 Å². The number of benzene rings is 2. The van der Waals surface area contributed by atoms with E-state index in [0.717, 1.165) is 29.3 Å². The zero-order valence-corrected chi connectivity index (χ0v) is 15.7. The summed E-state index contributed by atoms with van der Waals surface area (Å²) in [5, 5.41) is 4.19. The monoisotopic (exact) mass is 391 g/mol. The summed E-state index contributed by atoms with van der Waals surface area (Å²) in [6, 6.07) is 11.0. The fraction of sp³-hybridized carbons (Fsp3) is 0.217. The van der Waals surface area contributed by atoms with E-state index in [1.165, 1.54) is 12.8 Å². The van der Waals surface area contributed by atoms with E-state index < -0.39 is 11.6 Å². The second-order valence-electron chi connectivity index (χ2n) is 6.90. The standard InChI is InChI=1S/C23H19F2N3O/c24-21-9-10-22(25)20(13-21)15-29-27-23(14-28-12-11-26-16-28)19-7-5-18(6-8-19)4-3-17-1-2-17/h5-13,16-17H,1-2,14-15H2. The number of hydrogen-bond donors (Lipinski definition) is 0. The second-order valence-corrected chi connectivity index (χ2v) is 6.90. The maximum absolute atomic E-state index is 13.8. The van der Waals surface area contributed by atoms with Gasteiger partial charge in [0.15, 0.2) is 0 Å². The number of aromatic nitrogens is 2. The third kappa shape index (κ3) is 5.29. The first-order valence-corrected chi connectivity index (χ1v) is 9.38. The molecule has 4 nitrogen and oxygen atoms in total. The van der Waals surface area contributed by atoms with Crippen LogP contribution in [0.5, 0.6) is 0 Å². The second kappa shape index (κ2) is 8.70. The molecule has 6 heteroatoms. The summed E-state index contributed by atoms with van der Waals surface area (Å²) in [5.74, 6) is 5.91. The molecule has 3 aromatic rings. The molecule has 1 aliphatic carbocycles. The quantitative estimate of drug-likeness (QED) is 0.351. The van der Waals surface area contributed by atoms with E-state index in [0.29, 0.717) is 18.2 Å². The van der Waals surface area contributed by atoms with Crippen molar-refractivity contribution in [3.05, 3.63) is 89.5 Å². The average molecular weight is 391 g/mol. The van der Waals surface area contributed by atoms with Crippen LogP contribution in [-0.4, -0.2) is 15.3 Å². The van der Waals surface area contributed by atoms with Crippen LogP contribution in [0.3, 0.4) is 0 Å². The van der Waals surface area contributed by atoms with Gasteiger partial charge in [0.25, 0.3) is 0 Å². The van der Waals surface area contributed by atoms with E-state index in [1.807, 2.05) is 35.0 Å². The topological polar surface area (TPSA) is 39.4 Å². The minimum absolute atomic E-state index is 0.112. The lowest BCUT2D eigenvalue weighted by molar-refractivity contribution is 0.127. The predicted octanol–water partition coefficient (Wildman–Crippen LogP) is 4.54. The molecule has 2 aromatic carbocycles. The number of oxime groups is 1. The molecule has 1 saturated carbocycles. The molecule has 0 spiro atoms. The molecule has 0 radical (unpaired) electrons. The molecule has 4 rings (SSSR count). The molecule has 1 heterocycles. The molecule has 29 heavy (non-hydrogen) atoms. The Morgan fingerprint density at radius 1 is 1.17 bits per heavy atom. The van der Waals surface area contributed by atoms with Crippen LogP contribution in [0.1, 0.15) is 29.5 Å². The highest BCUT2D eigenvalue weighted by Crippen LogP contribution is 2.27. The Bertz CT molecular complexity index is 1060. The Morgan fingerprint density at radius 3 is 2.72 bits per heavy atom. The minimum atomic E-state index is -0.531. The van der Waals surface area contributed by atoms with E-state index in [1.54, 1.807) is 12.5 Å². The van der Waals surface area contributed by atoms with Crippen molar-refractivity contribution >= 4 is 5.71 Å². The van der Waals surface area contributed by atoms with E-state index >= 15 is 0 Å². The molecule has 1 aromatic heterocycles. The molecule has 0 saturated heterocycles. The first kappa shape index (κ1) is 18.9. The first-order chi connectivity index (χ1) is 14.2. The Balaban J connectivity index is 1.51. The lowest BCUT2D eigenvalue weighted by Gasteiger charge is -2.09. The molecule has 146 valence electrons. The number of rotatable bonds is 6. The van der Waals surface area contributed by atoms with Crippen LogP contribution < -0.4 is 0 Å². The predicted molar refractivity (Wildman–Crippen MR) is 106 cm³/mol. The highest BCUT2D eigenvalue weighted by Gasteiger charge is 2.17. The normalized spacial score (nSPS) is 13.7. The zero-order chi connectivity index (χ0) is 20.1. The molecule has 0 atom stereocenters. The highest BCUT2D eigenvalue weighted by molar-refractivity contribution is 6.00. The van der Waals surface area contributed by atoms with Crippen molar-refractivity contribution in [3.8, 4) is 11.8 Å². The SMILES string of the molecule is Fc1ccc(F)c(CON=C(Cn2ccnc2)c2ccc(C#CC3CC3)cc2)c1. The third-order valence-electron chi connectivity index (χ3n) is 4.51. The lowest BCUT2D eigenvalue weighted by atomic mass is 10.1. The Labute approximate surface area is 167 Å². The summed E-state index contributed by atoms with van der Waals surface area (Å²) < 4.78 is 29.0.